The summed E-state index contributed by atoms with van der Waals surface area (Å²) in [5.74, 6) is 0. The van der Waals surface area contributed by atoms with Crippen molar-refractivity contribution in [3.63, 3.8) is 0 Å². The maximum absolute atomic E-state index is 12.3. The fourth-order valence-corrected chi connectivity index (χ4v) is 1.59. The summed E-state index contributed by atoms with van der Waals surface area (Å²) >= 11 is 0. The third-order valence-electron chi connectivity index (χ3n) is 2.60. The standard InChI is InChI=1S/C14H20F3NO/c1-2-9-19-10-3-8-18-11-12-4-6-13(7-5-12)14(15,16)17/h4-7,18H,2-3,8-11H2,1H3. The second-order valence-corrected chi connectivity index (χ2v) is 4.34. The van der Waals surface area contributed by atoms with Crippen molar-refractivity contribution in [2.75, 3.05) is 19.8 Å². The van der Waals surface area contributed by atoms with Crippen molar-refractivity contribution < 1.29 is 17.9 Å². The molecule has 0 aromatic heterocycles. The van der Waals surface area contributed by atoms with Crippen LogP contribution in [0.5, 0.6) is 0 Å². The number of alkyl halides is 3. The van der Waals surface area contributed by atoms with E-state index in [0.29, 0.717) is 13.2 Å². The van der Waals surface area contributed by atoms with Gasteiger partial charge in [0, 0.05) is 19.8 Å². The van der Waals surface area contributed by atoms with Gasteiger partial charge in [0.05, 0.1) is 5.56 Å². The Kier molecular flexibility index (Phi) is 6.87. The van der Waals surface area contributed by atoms with E-state index >= 15 is 0 Å². The van der Waals surface area contributed by atoms with Gasteiger partial charge >= 0.3 is 6.18 Å². The van der Waals surface area contributed by atoms with Crippen molar-refractivity contribution in [2.24, 2.45) is 0 Å². The van der Waals surface area contributed by atoms with Crippen LogP contribution in [-0.4, -0.2) is 19.8 Å². The predicted octanol–water partition coefficient (Wildman–Crippen LogP) is 3.61. The molecule has 0 saturated carbocycles. The van der Waals surface area contributed by atoms with Crippen LogP contribution >= 0.6 is 0 Å². The molecule has 0 atom stereocenters. The van der Waals surface area contributed by atoms with Gasteiger partial charge < -0.3 is 10.1 Å². The molecule has 0 fully saturated rings. The number of rotatable bonds is 8. The SMILES string of the molecule is CCCOCCCNCc1ccc(C(F)(F)F)cc1. The number of ether oxygens (including phenoxy) is 1. The van der Waals surface area contributed by atoms with Gasteiger partial charge in [-0.25, -0.2) is 0 Å². The first-order valence-corrected chi connectivity index (χ1v) is 6.48. The molecule has 0 unspecified atom stereocenters. The zero-order valence-electron chi connectivity index (χ0n) is 11.1. The highest BCUT2D eigenvalue weighted by Gasteiger charge is 2.29. The number of hydrogen-bond donors (Lipinski definition) is 1. The van der Waals surface area contributed by atoms with Gasteiger partial charge in [-0.15, -0.1) is 0 Å². The Bertz CT molecular complexity index is 349. The van der Waals surface area contributed by atoms with Crippen LogP contribution < -0.4 is 5.32 Å². The highest BCUT2D eigenvalue weighted by atomic mass is 19.4. The van der Waals surface area contributed by atoms with Gasteiger partial charge in [-0.2, -0.15) is 13.2 Å². The van der Waals surface area contributed by atoms with E-state index in [0.717, 1.165) is 43.7 Å². The summed E-state index contributed by atoms with van der Waals surface area (Å²) in [5, 5.41) is 3.18. The zero-order valence-corrected chi connectivity index (χ0v) is 11.1. The number of hydrogen-bond acceptors (Lipinski definition) is 2. The summed E-state index contributed by atoms with van der Waals surface area (Å²) in [7, 11) is 0. The summed E-state index contributed by atoms with van der Waals surface area (Å²) < 4.78 is 42.4. The number of halogens is 3. The molecule has 0 amide bonds. The van der Waals surface area contributed by atoms with Crippen LogP contribution in [0.3, 0.4) is 0 Å². The van der Waals surface area contributed by atoms with E-state index in [9.17, 15) is 13.2 Å². The first-order valence-electron chi connectivity index (χ1n) is 6.48. The van der Waals surface area contributed by atoms with E-state index in [-0.39, 0.29) is 0 Å². The maximum atomic E-state index is 12.3. The molecule has 1 N–H and O–H groups in total. The Morgan fingerprint density at radius 2 is 1.79 bits per heavy atom. The third kappa shape index (κ3) is 6.59. The molecular weight excluding hydrogens is 255 g/mol. The minimum atomic E-state index is -4.26. The van der Waals surface area contributed by atoms with Crippen LogP contribution in [0.1, 0.15) is 30.9 Å². The molecule has 0 aliphatic carbocycles. The molecule has 19 heavy (non-hydrogen) atoms. The highest BCUT2D eigenvalue weighted by Crippen LogP contribution is 2.28. The van der Waals surface area contributed by atoms with E-state index in [1.54, 1.807) is 0 Å². The minimum Gasteiger partial charge on any atom is -0.381 e. The lowest BCUT2D eigenvalue weighted by molar-refractivity contribution is -0.137. The molecule has 1 aromatic carbocycles. The molecular formula is C14H20F3NO. The van der Waals surface area contributed by atoms with Gasteiger partial charge in [0.2, 0.25) is 0 Å². The Balaban J connectivity index is 2.20. The first-order chi connectivity index (χ1) is 9.04. The summed E-state index contributed by atoms with van der Waals surface area (Å²) in [6, 6.07) is 5.23. The fourth-order valence-electron chi connectivity index (χ4n) is 1.59. The lowest BCUT2D eigenvalue weighted by atomic mass is 10.1. The monoisotopic (exact) mass is 275 g/mol. The molecule has 0 aliphatic rings. The van der Waals surface area contributed by atoms with Gasteiger partial charge in [-0.05, 0) is 37.1 Å². The quantitative estimate of drug-likeness (QED) is 0.732. The van der Waals surface area contributed by atoms with Crippen molar-refractivity contribution >= 4 is 0 Å². The molecule has 0 bridgehead atoms. The van der Waals surface area contributed by atoms with Crippen LogP contribution in [0.25, 0.3) is 0 Å². The second-order valence-electron chi connectivity index (χ2n) is 4.34. The van der Waals surface area contributed by atoms with Crippen LogP contribution in [0.4, 0.5) is 13.2 Å². The second kappa shape index (κ2) is 8.17. The van der Waals surface area contributed by atoms with E-state index in [1.807, 2.05) is 0 Å². The van der Waals surface area contributed by atoms with Crippen LogP contribution in [-0.2, 0) is 17.5 Å². The average molecular weight is 275 g/mol. The summed E-state index contributed by atoms with van der Waals surface area (Å²) in [6.07, 6.45) is -2.35. The molecule has 5 heteroatoms. The van der Waals surface area contributed by atoms with Crippen LogP contribution in [0, 0.1) is 0 Å². The van der Waals surface area contributed by atoms with Crippen molar-refractivity contribution in [3.05, 3.63) is 35.4 Å². The minimum absolute atomic E-state index is 0.575. The third-order valence-corrected chi connectivity index (χ3v) is 2.60. The van der Waals surface area contributed by atoms with E-state index in [1.165, 1.54) is 12.1 Å². The van der Waals surface area contributed by atoms with Gasteiger partial charge in [0.25, 0.3) is 0 Å². The molecule has 0 aliphatic heterocycles. The van der Waals surface area contributed by atoms with E-state index in [2.05, 4.69) is 12.2 Å². The molecule has 0 spiro atoms. The largest absolute Gasteiger partial charge is 0.416 e. The average Bonchev–Trinajstić information content (AvgIpc) is 2.37. The van der Waals surface area contributed by atoms with Crippen LogP contribution in [0.2, 0.25) is 0 Å². The summed E-state index contributed by atoms with van der Waals surface area (Å²) in [6.45, 7) is 4.92. The lowest BCUT2D eigenvalue weighted by Gasteiger charge is -2.08. The van der Waals surface area contributed by atoms with Gasteiger partial charge in [-0.3, -0.25) is 0 Å². The number of nitrogens with one attached hydrogen (secondary N) is 1. The van der Waals surface area contributed by atoms with E-state index in [4.69, 9.17) is 4.74 Å². The number of benzene rings is 1. The topological polar surface area (TPSA) is 21.3 Å². The van der Waals surface area contributed by atoms with Crippen molar-refractivity contribution in [2.45, 2.75) is 32.5 Å². The molecule has 0 heterocycles. The molecule has 108 valence electrons. The zero-order chi connectivity index (χ0) is 14.1. The predicted molar refractivity (Wildman–Crippen MR) is 68.9 cm³/mol. The summed E-state index contributed by atoms with van der Waals surface area (Å²) in [5.41, 5.74) is 0.242. The van der Waals surface area contributed by atoms with Crippen molar-refractivity contribution in [3.8, 4) is 0 Å². The first kappa shape index (κ1) is 16.0. The Morgan fingerprint density at radius 3 is 2.37 bits per heavy atom. The van der Waals surface area contributed by atoms with Gasteiger partial charge in [0.15, 0.2) is 0 Å². The van der Waals surface area contributed by atoms with Crippen LogP contribution in [0.15, 0.2) is 24.3 Å². The molecule has 0 saturated heterocycles. The Labute approximate surface area is 112 Å². The Hall–Kier alpha value is -1.07. The van der Waals surface area contributed by atoms with Crippen molar-refractivity contribution in [1.29, 1.82) is 0 Å². The normalized spacial score (nSPS) is 11.8. The molecule has 0 radical (unpaired) electrons. The lowest BCUT2D eigenvalue weighted by Crippen LogP contribution is -2.16. The molecule has 1 rings (SSSR count). The maximum Gasteiger partial charge on any atom is 0.416 e. The van der Waals surface area contributed by atoms with Gasteiger partial charge in [-0.1, -0.05) is 19.1 Å². The molecule has 2 nitrogen and oxygen atoms in total. The molecule has 1 aromatic rings. The van der Waals surface area contributed by atoms with E-state index < -0.39 is 11.7 Å². The smallest absolute Gasteiger partial charge is 0.381 e. The van der Waals surface area contributed by atoms with Gasteiger partial charge in [0.1, 0.15) is 0 Å². The summed E-state index contributed by atoms with van der Waals surface area (Å²) in [4.78, 5) is 0. The fraction of sp³-hybridized carbons (Fsp3) is 0.571. The Morgan fingerprint density at radius 1 is 1.11 bits per heavy atom. The highest BCUT2D eigenvalue weighted by molar-refractivity contribution is 5.24. The van der Waals surface area contributed by atoms with Crippen molar-refractivity contribution in [1.82, 2.24) is 5.32 Å².